The van der Waals surface area contributed by atoms with Crippen molar-refractivity contribution < 1.29 is 9.53 Å². The summed E-state index contributed by atoms with van der Waals surface area (Å²) in [5.74, 6) is 0.716. The zero-order valence-corrected chi connectivity index (χ0v) is 8.23. The molecule has 0 bridgehead atoms. The van der Waals surface area contributed by atoms with E-state index in [1.165, 1.54) is 0 Å². The molecule has 0 N–H and O–H groups in total. The van der Waals surface area contributed by atoms with Crippen molar-refractivity contribution in [3.63, 3.8) is 0 Å². The predicted octanol–water partition coefficient (Wildman–Crippen LogP) is 1.22. The van der Waals surface area contributed by atoms with Crippen LogP contribution in [0.4, 0.5) is 5.69 Å². The summed E-state index contributed by atoms with van der Waals surface area (Å²) in [7, 11) is 0. The minimum atomic E-state index is -0.0134. The zero-order chi connectivity index (χ0) is 10.1. The van der Waals surface area contributed by atoms with Gasteiger partial charge in [-0.25, -0.2) is 0 Å². The quantitative estimate of drug-likeness (QED) is 0.671. The highest BCUT2D eigenvalue weighted by molar-refractivity contribution is 5.97. The molecular formula is C10H12N2O2. The van der Waals surface area contributed by atoms with Gasteiger partial charge in [-0.3, -0.25) is 9.78 Å². The van der Waals surface area contributed by atoms with Gasteiger partial charge in [-0.05, 0) is 13.8 Å². The molecule has 4 heteroatoms. The smallest absolute Gasteiger partial charge is 0.265 e. The maximum Gasteiger partial charge on any atom is 0.265 e. The summed E-state index contributed by atoms with van der Waals surface area (Å²) in [5.41, 5.74) is 0.763. The van der Waals surface area contributed by atoms with Crippen LogP contribution in [-0.4, -0.2) is 23.5 Å². The number of anilines is 1. The van der Waals surface area contributed by atoms with Crippen molar-refractivity contribution in [2.24, 2.45) is 0 Å². The van der Waals surface area contributed by atoms with Crippen LogP contribution >= 0.6 is 0 Å². The molecule has 74 valence electrons. The van der Waals surface area contributed by atoms with Gasteiger partial charge in [0.15, 0.2) is 6.61 Å². The van der Waals surface area contributed by atoms with Crippen LogP contribution in [0.2, 0.25) is 0 Å². The first-order valence-electron chi connectivity index (χ1n) is 4.59. The SMILES string of the molecule is CC(C)N1C(=O)COc2ccncc21. The van der Waals surface area contributed by atoms with E-state index in [2.05, 4.69) is 4.98 Å². The second-order valence-electron chi connectivity index (χ2n) is 3.49. The minimum Gasteiger partial charge on any atom is -0.481 e. The number of pyridine rings is 1. The van der Waals surface area contributed by atoms with Crippen LogP contribution < -0.4 is 9.64 Å². The van der Waals surface area contributed by atoms with E-state index in [0.717, 1.165) is 11.4 Å². The summed E-state index contributed by atoms with van der Waals surface area (Å²) in [5, 5.41) is 0. The molecule has 1 aliphatic rings. The molecule has 1 aromatic rings. The molecule has 0 unspecified atom stereocenters. The molecule has 0 saturated heterocycles. The Morgan fingerprint density at radius 1 is 1.57 bits per heavy atom. The molecule has 0 aliphatic carbocycles. The standard InChI is InChI=1S/C10H12N2O2/c1-7(2)12-8-5-11-4-3-9(8)14-6-10(12)13/h3-5,7H,6H2,1-2H3. The van der Waals surface area contributed by atoms with E-state index < -0.39 is 0 Å². The number of carbonyl (C=O) groups is 1. The average molecular weight is 192 g/mol. The molecule has 1 amide bonds. The molecule has 0 radical (unpaired) electrons. The van der Waals surface area contributed by atoms with E-state index in [4.69, 9.17) is 4.74 Å². The molecule has 0 saturated carbocycles. The molecular weight excluding hydrogens is 180 g/mol. The number of aromatic nitrogens is 1. The zero-order valence-electron chi connectivity index (χ0n) is 8.23. The topological polar surface area (TPSA) is 42.4 Å². The Balaban J connectivity index is 2.46. The fourth-order valence-electron chi connectivity index (χ4n) is 1.59. The summed E-state index contributed by atoms with van der Waals surface area (Å²) in [6, 6.07) is 1.91. The maximum absolute atomic E-state index is 11.6. The Kier molecular flexibility index (Phi) is 2.11. The van der Waals surface area contributed by atoms with Crippen molar-refractivity contribution in [2.75, 3.05) is 11.5 Å². The number of nitrogens with zero attached hydrogens (tertiary/aromatic N) is 2. The van der Waals surface area contributed by atoms with Gasteiger partial charge in [0.1, 0.15) is 11.4 Å². The molecule has 1 aliphatic heterocycles. The second kappa shape index (κ2) is 3.29. The van der Waals surface area contributed by atoms with Gasteiger partial charge in [-0.15, -0.1) is 0 Å². The number of amides is 1. The highest BCUT2D eigenvalue weighted by atomic mass is 16.5. The Labute approximate surface area is 82.5 Å². The van der Waals surface area contributed by atoms with E-state index in [1.807, 2.05) is 13.8 Å². The number of fused-ring (bicyclic) bond motifs is 1. The lowest BCUT2D eigenvalue weighted by molar-refractivity contribution is -0.121. The van der Waals surface area contributed by atoms with Gasteiger partial charge in [-0.2, -0.15) is 0 Å². The molecule has 4 nitrogen and oxygen atoms in total. The second-order valence-corrected chi connectivity index (χ2v) is 3.49. The number of hydrogen-bond acceptors (Lipinski definition) is 3. The third kappa shape index (κ3) is 1.32. The van der Waals surface area contributed by atoms with Crippen molar-refractivity contribution in [3.8, 4) is 5.75 Å². The van der Waals surface area contributed by atoms with Gasteiger partial charge >= 0.3 is 0 Å². The first-order valence-corrected chi connectivity index (χ1v) is 4.59. The molecule has 1 aromatic heterocycles. The van der Waals surface area contributed by atoms with Crippen LogP contribution in [0.3, 0.4) is 0 Å². The van der Waals surface area contributed by atoms with Gasteiger partial charge in [-0.1, -0.05) is 0 Å². The number of rotatable bonds is 1. The lowest BCUT2D eigenvalue weighted by Gasteiger charge is -2.31. The Bertz CT molecular complexity index is 363. The minimum absolute atomic E-state index is 0.0134. The predicted molar refractivity (Wildman–Crippen MR) is 52.4 cm³/mol. The van der Waals surface area contributed by atoms with Crippen molar-refractivity contribution in [1.82, 2.24) is 4.98 Å². The first kappa shape index (κ1) is 8.99. The summed E-state index contributed by atoms with van der Waals surface area (Å²) in [6.45, 7) is 4.06. The van der Waals surface area contributed by atoms with E-state index in [0.29, 0.717) is 0 Å². The monoisotopic (exact) mass is 192 g/mol. The third-order valence-electron chi connectivity index (χ3n) is 2.16. The number of hydrogen-bond donors (Lipinski definition) is 0. The van der Waals surface area contributed by atoms with Crippen molar-refractivity contribution in [3.05, 3.63) is 18.5 Å². The molecule has 0 fully saturated rings. The Morgan fingerprint density at radius 3 is 3.07 bits per heavy atom. The Morgan fingerprint density at radius 2 is 2.36 bits per heavy atom. The van der Waals surface area contributed by atoms with Crippen LogP contribution in [0, 0.1) is 0 Å². The van der Waals surface area contributed by atoms with Crippen LogP contribution in [-0.2, 0) is 4.79 Å². The van der Waals surface area contributed by atoms with Crippen molar-refractivity contribution >= 4 is 11.6 Å². The van der Waals surface area contributed by atoms with Gasteiger partial charge in [0.2, 0.25) is 0 Å². The van der Waals surface area contributed by atoms with E-state index in [1.54, 1.807) is 23.4 Å². The molecule has 14 heavy (non-hydrogen) atoms. The highest BCUT2D eigenvalue weighted by Crippen LogP contribution is 2.31. The van der Waals surface area contributed by atoms with Gasteiger partial charge < -0.3 is 9.64 Å². The van der Waals surface area contributed by atoms with Crippen LogP contribution in [0.15, 0.2) is 18.5 Å². The lowest BCUT2D eigenvalue weighted by atomic mass is 10.2. The van der Waals surface area contributed by atoms with Crippen LogP contribution in [0.1, 0.15) is 13.8 Å². The molecule has 2 rings (SSSR count). The lowest BCUT2D eigenvalue weighted by Crippen LogP contribution is -2.43. The average Bonchev–Trinajstić information content (AvgIpc) is 2.17. The number of carbonyl (C=O) groups excluding carboxylic acids is 1. The maximum atomic E-state index is 11.6. The largest absolute Gasteiger partial charge is 0.481 e. The van der Waals surface area contributed by atoms with Crippen molar-refractivity contribution in [2.45, 2.75) is 19.9 Å². The van der Waals surface area contributed by atoms with Crippen LogP contribution in [0.5, 0.6) is 5.75 Å². The summed E-state index contributed by atoms with van der Waals surface area (Å²) < 4.78 is 5.28. The van der Waals surface area contributed by atoms with Gasteiger partial charge in [0, 0.05) is 18.3 Å². The Hall–Kier alpha value is -1.58. The normalized spacial score (nSPS) is 15.4. The summed E-state index contributed by atoms with van der Waals surface area (Å²) >= 11 is 0. The van der Waals surface area contributed by atoms with Gasteiger partial charge in [0.25, 0.3) is 5.91 Å². The first-order chi connectivity index (χ1) is 6.70. The van der Waals surface area contributed by atoms with Gasteiger partial charge in [0.05, 0.1) is 6.20 Å². The molecule has 2 heterocycles. The fraction of sp³-hybridized carbons (Fsp3) is 0.400. The van der Waals surface area contributed by atoms with Crippen LogP contribution in [0.25, 0.3) is 0 Å². The highest BCUT2D eigenvalue weighted by Gasteiger charge is 2.27. The van der Waals surface area contributed by atoms with E-state index in [9.17, 15) is 4.79 Å². The molecule has 0 aromatic carbocycles. The third-order valence-corrected chi connectivity index (χ3v) is 2.16. The van der Waals surface area contributed by atoms with Crippen molar-refractivity contribution in [1.29, 1.82) is 0 Å². The number of ether oxygens (including phenoxy) is 1. The summed E-state index contributed by atoms with van der Waals surface area (Å²) in [6.07, 6.45) is 3.32. The summed E-state index contributed by atoms with van der Waals surface area (Å²) in [4.78, 5) is 17.3. The molecule has 0 spiro atoms. The van der Waals surface area contributed by atoms with E-state index >= 15 is 0 Å². The fourth-order valence-corrected chi connectivity index (χ4v) is 1.59. The molecule has 0 atom stereocenters. The van der Waals surface area contributed by atoms with E-state index in [-0.39, 0.29) is 18.6 Å².